The van der Waals surface area contributed by atoms with E-state index in [-0.39, 0.29) is 45.2 Å². The highest BCUT2D eigenvalue weighted by molar-refractivity contribution is 7.16. The minimum atomic E-state index is -0.885. The van der Waals surface area contributed by atoms with E-state index < -0.39 is 71.7 Å². The molecule has 0 aliphatic heterocycles. The fraction of sp³-hybridized carbons (Fsp3) is 0.231. The van der Waals surface area contributed by atoms with Crippen LogP contribution in [0.3, 0.4) is 0 Å². The van der Waals surface area contributed by atoms with Crippen molar-refractivity contribution < 1.29 is 57.3 Å². The molecule has 0 fully saturated rings. The first kappa shape index (κ1) is 53.0. The van der Waals surface area contributed by atoms with Gasteiger partial charge in [-0.3, -0.25) is 19.2 Å². The Morgan fingerprint density at radius 1 is 0.329 bits per heavy atom. The summed E-state index contributed by atoms with van der Waals surface area (Å²) >= 11 is 1.91. The second-order valence-corrected chi connectivity index (χ2v) is 17.5. The van der Waals surface area contributed by atoms with Gasteiger partial charge in [0.05, 0.1) is 47.9 Å². The summed E-state index contributed by atoms with van der Waals surface area (Å²) in [5.41, 5.74) is 3.45. The number of carbonyl (C=O) groups excluding carboxylic acids is 8. The van der Waals surface area contributed by atoms with Crippen molar-refractivity contribution in [2.24, 2.45) is 0 Å². The first-order valence-electron chi connectivity index (χ1n) is 21.7. The normalized spacial score (nSPS) is 12.2. The Kier molecular flexibility index (Phi) is 20.6. The largest absolute Gasteiger partial charge is 0.467 e. The van der Waals surface area contributed by atoms with Crippen molar-refractivity contribution in [2.45, 2.75) is 49.9 Å². The molecule has 0 unspecified atom stereocenters. The summed E-state index contributed by atoms with van der Waals surface area (Å²) in [5.74, 6) is -4.30. The van der Waals surface area contributed by atoms with Crippen LogP contribution in [0.5, 0.6) is 0 Å². The third-order valence-corrected chi connectivity index (χ3v) is 12.6. The van der Waals surface area contributed by atoms with Crippen molar-refractivity contribution in [3.8, 4) is 0 Å². The number of hydrogen-bond donors (Lipinski definition) is 4. The summed E-state index contributed by atoms with van der Waals surface area (Å²) in [6.07, 6.45) is 1.05. The van der Waals surface area contributed by atoms with Crippen molar-refractivity contribution in [2.75, 3.05) is 28.4 Å². The maximum absolute atomic E-state index is 12.8. The molecule has 364 valence electrons. The van der Waals surface area contributed by atoms with E-state index in [1.165, 1.54) is 52.7 Å². The van der Waals surface area contributed by atoms with Crippen LogP contribution in [-0.2, 0) is 63.8 Å². The minimum absolute atomic E-state index is 0.245. The predicted octanol–water partition coefficient (Wildman–Crippen LogP) is 5.55. The Bertz CT molecular complexity index is 2330. The summed E-state index contributed by atoms with van der Waals surface area (Å²) < 4.78 is 19.3. The van der Waals surface area contributed by atoms with E-state index >= 15 is 0 Å². The standard InChI is InChI=1S/2C26H26N2O6S/c2*1-33-25(31)19(15-17-9-5-3-6-10-17)27-23(29)21-13-14-22(35-21)24(30)28-20(26(32)34-2)16-18-11-7-4-8-12-18/h2*3-14,19-20H,15-16H2,1-2H3,(H,27,29)(H,28,30)/t2*19-,20-/m00/s1. The molecule has 0 saturated carbocycles. The van der Waals surface area contributed by atoms with Crippen molar-refractivity contribution in [3.05, 3.63) is 187 Å². The molecule has 18 heteroatoms. The molecule has 2 aromatic heterocycles. The monoisotopic (exact) mass is 988 g/mol. The summed E-state index contributed by atoms with van der Waals surface area (Å²) in [6, 6.07) is 39.4. The second kappa shape index (κ2) is 27.1. The molecule has 0 aliphatic rings. The molecule has 6 aromatic rings. The number of hydrogen-bond acceptors (Lipinski definition) is 14. The molecule has 2 heterocycles. The first-order valence-corrected chi connectivity index (χ1v) is 23.4. The SMILES string of the molecule is COC(=O)[C@H](Cc1ccccc1)NC(=O)c1ccc(C(=O)N[C@@H](Cc2ccccc2)C(=O)OC)s1.COC(=O)[C@H](Cc1ccccc1)NC(=O)c1ccc(C(=O)N[C@@H](Cc2ccccc2)C(=O)OC)s1. The summed E-state index contributed by atoms with van der Waals surface area (Å²) in [6.45, 7) is 0. The topological polar surface area (TPSA) is 222 Å². The summed E-state index contributed by atoms with van der Waals surface area (Å²) in [4.78, 5) is 101. The molecule has 0 aliphatic carbocycles. The van der Waals surface area contributed by atoms with Gasteiger partial charge in [0.25, 0.3) is 23.6 Å². The molecule has 70 heavy (non-hydrogen) atoms. The highest BCUT2D eigenvalue weighted by Crippen LogP contribution is 2.20. The summed E-state index contributed by atoms with van der Waals surface area (Å²) in [5, 5.41) is 10.7. The average Bonchev–Trinajstić information content (AvgIpc) is 4.11. The molecule has 4 N–H and O–H groups in total. The van der Waals surface area contributed by atoms with E-state index in [2.05, 4.69) is 21.3 Å². The quantitative estimate of drug-likeness (QED) is 0.0546. The predicted molar refractivity (Wildman–Crippen MR) is 262 cm³/mol. The van der Waals surface area contributed by atoms with Gasteiger partial charge < -0.3 is 40.2 Å². The van der Waals surface area contributed by atoms with Crippen LogP contribution in [0.15, 0.2) is 146 Å². The number of ether oxygens (including phenoxy) is 4. The van der Waals surface area contributed by atoms with Crippen LogP contribution in [0, 0.1) is 0 Å². The maximum Gasteiger partial charge on any atom is 0.328 e. The number of carbonyl (C=O) groups is 8. The molecule has 0 spiro atoms. The Morgan fingerprint density at radius 2 is 0.514 bits per heavy atom. The van der Waals surface area contributed by atoms with Gasteiger partial charge in [-0.1, -0.05) is 121 Å². The average molecular weight is 989 g/mol. The van der Waals surface area contributed by atoms with Crippen LogP contribution in [0.2, 0.25) is 0 Å². The maximum atomic E-state index is 12.8. The van der Waals surface area contributed by atoms with E-state index in [1.807, 2.05) is 121 Å². The van der Waals surface area contributed by atoms with Gasteiger partial charge in [0, 0.05) is 25.7 Å². The van der Waals surface area contributed by atoms with Crippen molar-refractivity contribution in [1.29, 1.82) is 0 Å². The smallest absolute Gasteiger partial charge is 0.328 e. The van der Waals surface area contributed by atoms with Gasteiger partial charge in [0.2, 0.25) is 0 Å². The lowest BCUT2D eigenvalue weighted by atomic mass is 10.1. The lowest BCUT2D eigenvalue weighted by Gasteiger charge is -2.16. The fourth-order valence-electron chi connectivity index (χ4n) is 6.82. The number of methoxy groups -OCH3 is 4. The van der Waals surface area contributed by atoms with Gasteiger partial charge >= 0.3 is 23.9 Å². The van der Waals surface area contributed by atoms with E-state index in [4.69, 9.17) is 18.9 Å². The number of thiophene rings is 2. The highest BCUT2D eigenvalue weighted by Gasteiger charge is 2.28. The molecule has 0 saturated heterocycles. The van der Waals surface area contributed by atoms with Gasteiger partial charge in [-0.05, 0) is 46.5 Å². The van der Waals surface area contributed by atoms with Gasteiger partial charge in [0.1, 0.15) is 24.2 Å². The van der Waals surface area contributed by atoms with E-state index in [0.717, 1.165) is 44.9 Å². The molecule has 0 bridgehead atoms. The minimum Gasteiger partial charge on any atom is -0.467 e. The van der Waals surface area contributed by atoms with Crippen LogP contribution in [0.4, 0.5) is 0 Å². The molecular weight excluding hydrogens is 937 g/mol. The van der Waals surface area contributed by atoms with Crippen LogP contribution >= 0.6 is 22.7 Å². The number of rotatable bonds is 20. The third-order valence-electron chi connectivity index (χ3n) is 10.4. The first-order chi connectivity index (χ1) is 33.8. The molecule has 4 atom stereocenters. The number of amides is 4. The lowest BCUT2D eigenvalue weighted by Crippen LogP contribution is -2.43. The third kappa shape index (κ3) is 16.1. The van der Waals surface area contributed by atoms with Gasteiger partial charge in [-0.15, -0.1) is 22.7 Å². The highest BCUT2D eigenvalue weighted by atomic mass is 32.1. The second-order valence-electron chi connectivity index (χ2n) is 15.3. The van der Waals surface area contributed by atoms with E-state index in [9.17, 15) is 38.4 Å². The van der Waals surface area contributed by atoms with Gasteiger partial charge in [0.15, 0.2) is 0 Å². The molecule has 4 amide bonds. The van der Waals surface area contributed by atoms with Crippen LogP contribution in [0.25, 0.3) is 0 Å². The van der Waals surface area contributed by atoms with Gasteiger partial charge in [-0.25, -0.2) is 19.2 Å². The zero-order chi connectivity index (χ0) is 50.4. The molecular formula is C52H52N4O12S2. The molecule has 6 rings (SSSR count). The number of benzene rings is 4. The fourth-order valence-corrected chi connectivity index (χ4v) is 8.45. The van der Waals surface area contributed by atoms with Crippen molar-refractivity contribution in [1.82, 2.24) is 21.3 Å². The van der Waals surface area contributed by atoms with Crippen LogP contribution in [-0.4, -0.2) is 100 Å². The number of esters is 4. The Hall–Kier alpha value is -7.96. The van der Waals surface area contributed by atoms with Crippen molar-refractivity contribution in [3.63, 3.8) is 0 Å². The lowest BCUT2D eigenvalue weighted by molar-refractivity contribution is -0.143. The Balaban J connectivity index is 0.000000261. The summed E-state index contributed by atoms with van der Waals surface area (Å²) in [7, 11) is 5.03. The van der Waals surface area contributed by atoms with Crippen LogP contribution in [0.1, 0.15) is 60.9 Å². The molecule has 0 radical (unpaired) electrons. The molecule has 4 aromatic carbocycles. The molecule has 16 nitrogen and oxygen atoms in total. The zero-order valence-electron chi connectivity index (χ0n) is 38.7. The Labute approximate surface area is 412 Å². The van der Waals surface area contributed by atoms with E-state index in [0.29, 0.717) is 0 Å². The van der Waals surface area contributed by atoms with E-state index in [1.54, 1.807) is 0 Å². The Morgan fingerprint density at radius 3 is 0.686 bits per heavy atom. The van der Waals surface area contributed by atoms with Gasteiger partial charge in [-0.2, -0.15) is 0 Å². The number of nitrogens with one attached hydrogen (secondary N) is 4. The van der Waals surface area contributed by atoms with Crippen molar-refractivity contribution >= 4 is 70.2 Å². The van der Waals surface area contributed by atoms with Crippen LogP contribution < -0.4 is 21.3 Å². The zero-order valence-corrected chi connectivity index (χ0v) is 40.3.